The van der Waals surface area contributed by atoms with Crippen LogP contribution in [0, 0.1) is 6.92 Å². The Bertz CT molecular complexity index is 276. The number of nitrogens with one attached hydrogen (secondary N) is 1. The van der Waals surface area contributed by atoms with E-state index in [2.05, 4.69) is 10.3 Å². The molecule has 0 aliphatic rings. The monoisotopic (exact) mass is 194 g/mol. The van der Waals surface area contributed by atoms with Gasteiger partial charge >= 0.3 is 0 Å². The number of aryl methyl sites for hydroxylation is 1. The van der Waals surface area contributed by atoms with Crippen LogP contribution < -0.4 is 5.32 Å². The fraction of sp³-hybridized carbons (Fsp3) is 0.545. The van der Waals surface area contributed by atoms with Crippen molar-refractivity contribution >= 4 is 0 Å². The molecule has 3 heteroatoms. The first-order valence-corrected chi connectivity index (χ1v) is 4.91. The molecule has 0 saturated heterocycles. The lowest BCUT2D eigenvalue weighted by molar-refractivity contribution is 0.0524. The number of pyridine rings is 1. The van der Waals surface area contributed by atoms with Crippen molar-refractivity contribution in [3.63, 3.8) is 0 Å². The number of rotatable bonds is 5. The van der Waals surface area contributed by atoms with Gasteiger partial charge in [-0.05, 0) is 33.0 Å². The number of likely N-dealkylation sites (N-methyl/N-ethyl adjacent to an activating group) is 1. The Kier molecular flexibility index (Phi) is 4.56. The highest BCUT2D eigenvalue weighted by atomic mass is 16.5. The molecule has 0 aliphatic heterocycles. The van der Waals surface area contributed by atoms with Crippen LogP contribution in [0.15, 0.2) is 18.2 Å². The van der Waals surface area contributed by atoms with Gasteiger partial charge in [0.1, 0.15) is 0 Å². The smallest absolute Gasteiger partial charge is 0.0892 e. The molecule has 1 heterocycles. The van der Waals surface area contributed by atoms with Crippen molar-refractivity contribution in [1.29, 1.82) is 0 Å². The van der Waals surface area contributed by atoms with Crippen LogP contribution in [-0.2, 0) is 11.3 Å². The van der Waals surface area contributed by atoms with E-state index in [9.17, 15) is 0 Å². The van der Waals surface area contributed by atoms with Crippen molar-refractivity contribution in [3.8, 4) is 0 Å². The lowest BCUT2D eigenvalue weighted by Crippen LogP contribution is -2.23. The molecule has 78 valence electrons. The molecule has 0 radical (unpaired) electrons. The topological polar surface area (TPSA) is 34.1 Å². The Balaban J connectivity index is 2.37. The largest absolute Gasteiger partial charge is 0.371 e. The van der Waals surface area contributed by atoms with Crippen LogP contribution in [-0.4, -0.2) is 24.7 Å². The molecule has 3 nitrogen and oxygen atoms in total. The standard InChI is InChI=1S/C11H18N2O/c1-9-5-4-6-11(13-9)8-14-10(2)7-12-3/h4-6,10,12H,7-8H2,1-3H3. The zero-order valence-electron chi connectivity index (χ0n) is 9.08. The summed E-state index contributed by atoms with van der Waals surface area (Å²) in [7, 11) is 1.92. The molecular formula is C11H18N2O. The van der Waals surface area contributed by atoms with E-state index in [1.54, 1.807) is 0 Å². The highest BCUT2D eigenvalue weighted by Crippen LogP contribution is 2.01. The molecule has 14 heavy (non-hydrogen) atoms. The van der Waals surface area contributed by atoms with E-state index in [1.165, 1.54) is 0 Å². The van der Waals surface area contributed by atoms with Crippen molar-refractivity contribution in [2.75, 3.05) is 13.6 Å². The summed E-state index contributed by atoms with van der Waals surface area (Å²) in [6, 6.07) is 5.98. The number of aromatic nitrogens is 1. The third kappa shape index (κ3) is 3.85. The molecule has 0 spiro atoms. The molecular weight excluding hydrogens is 176 g/mol. The normalized spacial score (nSPS) is 12.8. The summed E-state index contributed by atoms with van der Waals surface area (Å²) in [6.07, 6.45) is 0.224. The van der Waals surface area contributed by atoms with Gasteiger partial charge in [0.15, 0.2) is 0 Å². The quantitative estimate of drug-likeness (QED) is 0.771. The zero-order valence-corrected chi connectivity index (χ0v) is 9.08. The Hall–Kier alpha value is -0.930. The molecule has 1 N–H and O–H groups in total. The van der Waals surface area contributed by atoms with E-state index in [1.807, 2.05) is 39.1 Å². The number of hydrogen-bond donors (Lipinski definition) is 1. The van der Waals surface area contributed by atoms with Crippen molar-refractivity contribution in [2.45, 2.75) is 26.6 Å². The molecule has 0 fully saturated rings. The summed E-state index contributed by atoms with van der Waals surface area (Å²) in [5.41, 5.74) is 2.03. The molecule has 1 aromatic heterocycles. The van der Waals surface area contributed by atoms with Gasteiger partial charge in [0.2, 0.25) is 0 Å². The third-order valence-corrected chi connectivity index (χ3v) is 1.95. The highest BCUT2D eigenvalue weighted by molar-refractivity contribution is 5.08. The van der Waals surface area contributed by atoms with Crippen LogP contribution in [0.1, 0.15) is 18.3 Å². The summed E-state index contributed by atoms with van der Waals surface area (Å²) in [6.45, 7) is 5.49. The molecule has 1 aromatic rings. The molecule has 1 rings (SSSR count). The molecule has 0 aliphatic carbocycles. The Labute approximate surface area is 85.5 Å². The van der Waals surface area contributed by atoms with Crippen LogP contribution in [0.5, 0.6) is 0 Å². The molecule has 0 amide bonds. The molecule has 0 bridgehead atoms. The van der Waals surface area contributed by atoms with Gasteiger partial charge in [-0.25, -0.2) is 0 Å². The van der Waals surface area contributed by atoms with Crippen molar-refractivity contribution < 1.29 is 4.74 Å². The fourth-order valence-electron chi connectivity index (χ4n) is 1.25. The second-order valence-electron chi connectivity index (χ2n) is 3.45. The van der Waals surface area contributed by atoms with Crippen molar-refractivity contribution in [1.82, 2.24) is 10.3 Å². The van der Waals surface area contributed by atoms with E-state index in [0.717, 1.165) is 17.9 Å². The fourth-order valence-corrected chi connectivity index (χ4v) is 1.25. The summed E-state index contributed by atoms with van der Waals surface area (Å²) in [5, 5.41) is 3.07. The average molecular weight is 194 g/mol. The highest BCUT2D eigenvalue weighted by Gasteiger charge is 2.01. The van der Waals surface area contributed by atoms with Gasteiger partial charge in [0.05, 0.1) is 18.4 Å². The Morgan fingerprint density at radius 2 is 2.29 bits per heavy atom. The van der Waals surface area contributed by atoms with Crippen LogP contribution in [0.25, 0.3) is 0 Å². The second kappa shape index (κ2) is 5.73. The average Bonchev–Trinajstić information content (AvgIpc) is 2.15. The van der Waals surface area contributed by atoms with Crippen LogP contribution in [0.2, 0.25) is 0 Å². The zero-order chi connectivity index (χ0) is 10.4. The minimum Gasteiger partial charge on any atom is -0.371 e. The molecule has 0 aromatic carbocycles. The number of nitrogens with zero attached hydrogens (tertiary/aromatic N) is 1. The number of hydrogen-bond acceptors (Lipinski definition) is 3. The first-order chi connectivity index (χ1) is 6.72. The molecule has 1 unspecified atom stereocenters. The maximum Gasteiger partial charge on any atom is 0.0892 e. The summed E-state index contributed by atoms with van der Waals surface area (Å²) < 4.78 is 5.60. The van der Waals surface area contributed by atoms with Gasteiger partial charge in [-0.15, -0.1) is 0 Å². The summed E-state index contributed by atoms with van der Waals surface area (Å²) >= 11 is 0. The summed E-state index contributed by atoms with van der Waals surface area (Å²) in [4.78, 5) is 4.36. The maximum absolute atomic E-state index is 5.60. The predicted molar refractivity (Wildman–Crippen MR) is 57.2 cm³/mol. The van der Waals surface area contributed by atoms with Crippen LogP contribution in [0.4, 0.5) is 0 Å². The SMILES string of the molecule is CNCC(C)OCc1cccc(C)n1. The minimum absolute atomic E-state index is 0.224. The van der Waals surface area contributed by atoms with Gasteiger partial charge in [-0.3, -0.25) is 4.98 Å². The van der Waals surface area contributed by atoms with Gasteiger partial charge in [-0.2, -0.15) is 0 Å². The first kappa shape index (κ1) is 11.1. The van der Waals surface area contributed by atoms with E-state index in [-0.39, 0.29) is 6.10 Å². The summed E-state index contributed by atoms with van der Waals surface area (Å²) in [5.74, 6) is 0. The third-order valence-electron chi connectivity index (χ3n) is 1.95. The second-order valence-corrected chi connectivity index (χ2v) is 3.45. The van der Waals surface area contributed by atoms with Crippen LogP contribution in [0.3, 0.4) is 0 Å². The van der Waals surface area contributed by atoms with E-state index in [0.29, 0.717) is 6.61 Å². The predicted octanol–water partition coefficient (Wildman–Crippen LogP) is 1.51. The van der Waals surface area contributed by atoms with Crippen molar-refractivity contribution in [3.05, 3.63) is 29.6 Å². The van der Waals surface area contributed by atoms with E-state index >= 15 is 0 Å². The Morgan fingerprint density at radius 3 is 2.93 bits per heavy atom. The maximum atomic E-state index is 5.60. The van der Waals surface area contributed by atoms with Crippen LogP contribution >= 0.6 is 0 Å². The molecule has 1 atom stereocenters. The van der Waals surface area contributed by atoms with E-state index < -0.39 is 0 Å². The number of ether oxygens (including phenoxy) is 1. The van der Waals surface area contributed by atoms with Gasteiger partial charge < -0.3 is 10.1 Å². The van der Waals surface area contributed by atoms with Gasteiger partial charge in [-0.1, -0.05) is 6.07 Å². The van der Waals surface area contributed by atoms with Gasteiger partial charge in [0.25, 0.3) is 0 Å². The lowest BCUT2D eigenvalue weighted by atomic mass is 10.3. The molecule has 0 saturated carbocycles. The Morgan fingerprint density at radius 1 is 1.50 bits per heavy atom. The van der Waals surface area contributed by atoms with Gasteiger partial charge in [0, 0.05) is 12.2 Å². The first-order valence-electron chi connectivity index (χ1n) is 4.91. The lowest BCUT2D eigenvalue weighted by Gasteiger charge is -2.11. The van der Waals surface area contributed by atoms with Crippen molar-refractivity contribution in [2.24, 2.45) is 0 Å². The van der Waals surface area contributed by atoms with E-state index in [4.69, 9.17) is 4.74 Å². The minimum atomic E-state index is 0.224.